The second kappa shape index (κ2) is 6.17. The SMILES string of the molecule is CCCC(OCC)c1ncc(C(=O)O)cn1. The minimum absolute atomic E-state index is 0.0931. The second-order valence-electron chi connectivity index (χ2n) is 3.37. The molecule has 0 spiro atoms. The highest BCUT2D eigenvalue weighted by molar-refractivity contribution is 5.86. The van der Waals surface area contributed by atoms with Crippen LogP contribution in [0, 0.1) is 0 Å². The molecule has 1 heterocycles. The highest BCUT2D eigenvalue weighted by Gasteiger charge is 2.14. The number of carbonyl (C=O) groups is 1. The van der Waals surface area contributed by atoms with Gasteiger partial charge in [-0.1, -0.05) is 13.3 Å². The van der Waals surface area contributed by atoms with Crippen molar-refractivity contribution >= 4 is 5.97 Å². The van der Waals surface area contributed by atoms with Crippen LogP contribution in [0.3, 0.4) is 0 Å². The fraction of sp³-hybridized carbons (Fsp3) is 0.545. The van der Waals surface area contributed by atoms with Crippen LogP contribution in [0.25, 0.3) is 0 Å². The number of hydrogen-bond acceptors (Lipinski definition) is 4. The number of aromatic nitrogens is 2. The first kappa shape index (κ1) is 12.6. The topological polar surface area (TPSA) is 72.3 Å². The van der Waals surface area contributed by atoms with E-state index in [0.717, 1.165) is 12.8 Å². The van der Waals surface area contributed by atoms with Crippen molar-refractivity contribution in [3.8, 4) is 0 Å². The van der Waals surface area contributed by atoms with Crippen LogP contribution >= 0.6 is 0 Å². The van der Waals surface area contributed by atoms with Gasteiger partial charge in [0.15, 0.2) is 5.82 Å². The molecule has 1 rings (SSSR count). The van der Waals surface area contributed by atoms with Crippen LogP contribution in [0.2, 0.25) is 0 Å². The summed E-state index contributed by atoms with van der Waals surface area (Å²) in [6.07, 6.45) is 4.28. The van der Waals surface area contributed by atoms with Gasteiger partial charge in [-0.05, 0) is 13.3 Å². The molecular formula is C11H16N2O3. The molecule has 5 nitrogen and oxygen atoms in total. The van der Waals surface area contributed by atoms with E-state index in [4.69, 9.17) is 9.84 Å². The van der Waals surface area contributed by atoms with E-state index in [1.165, 1.54) is 12.4 Å². The Hall–Kier alpha value is -1.49. The average molecular weight is 224 g/mol. The lowest BCUT2D eigenvalue weighted by Crippen LogP contribution is -2.10. The van der Waals surface area contributed by atoms with Gasteiger partial charge in [-0.2, -0.15) is 0 Å². The van der Waals surface area contributed by atoms with Gasteiger partial charge in [-0.25, -0.2) is 14.8 Å². The monoisotopic (exact) mass is 224 g/mol. The Morgan fingerprint density at radius 1 is 1.44 bits per heavy atom. The van der Waals surface area contributed by atoms with Crippen LogP contribution in [0.5, 0.6) is 0 Å². The number of nitrogens with zero attached hydrogens (tertiary/aromatic N) is 2. The number of ether oxygens (including phenoxy) is 1. The molecule has 1 atom stereocenters. The van der Waals surface area contributed by atoms with Gasteiger partial charge in [0.25, 0.3) is 0 Å². The Labute approximate surface area is 94.5 Å². The Kier molecular flexibility index (Phi) is 4.85. The van der Waals surface area contributed by atoms with Gasteiger partial charge in [-0.15, -0.1) is 0 Å². The van der Waals surface area contributed by atoms with Crippen molar-refractivity contribution in [3.63, 3.8) is 0 Å². The van der Waals surface area contributed by atoms with Gasteiger partial charge in [-0.3, -0.25) is 0 Å². The van der Waals surface area contributed by atoms with Crippen molar-refractivity contribution in [2.24, 2.45) is 0 Å². The van der Waals surface area contributed by atoms with Gasteiger partial charge in [0.05, 0.1) is 5.56 Å². The fourth-order valence-corrected chi connectivity index (χ4v) is 1.37. The molecule has 0 aliphatic heterocycles. The Bertz CT molecular complexity index is 332. The van der Waals surface area contributed by atoms with E-state index in [-0.39, 0.29) is 11.7 Å². The summed E-state index contributed by atoms with van der Waals surface area (Å²) in [6.45, 7) is 4.56. The van der Waals surface area contributed by atoms with Crippen LogP contribution < -0.4 is 0 Å². The molecule has 0 radical (unpaired) electrons. The van der Waals surface area contributed by atoms with Crippen molar-refractivity contribution in [1.29, 1.82) is 0 Å². The van der Waals surface area contributed by atoms with Crippen LogP contribution in [0.15, 0.2) is 12.4 Å². The van der Waals surface area contributed by atoms with Gasteiger partial charge < -0.3 is 9.84 Å². The fourth-order valence-electron chi connectivity index (χ4n) is 1.37. The van der Waals surface area contributed by atoms with E-state index in [0.29, 0.717) is 12.4 Å². The van der Waals surface area contributed by atoms with E-state index in [1.54, 1.807) is 0 Å². The molecule has 1 aromatic rings. The molecule has 0 aliphatic carbocycles. The third kappa shape index (κ3) is 3.27. The summed E-state index contributed by atoms with van der Waals surface area (Å²) >= 11 is 0. The van der Waals surface area contributed by atoms with Crippen LogP contribution in [-0.4, -0.2) is 27.7 Å². The molecule has 88 valence electrons. The van der Waals surface area contributed by atoms with E-state index in [2.05, 4.69) is 16.9 Å². The second-order valence-corrected chi connectivity index (χ2v) is 3.37. The van der Waals surface area contributed by atoms with Crippen LogP contribution in [-0.2, 0) is 4.74 Å². The lowest BCUT2D eigenvalue weighted by atomic mass is 10.2. The first-order valence-electron chi connectivity index (χ1n) is 5.35. The summed E-state index contributed by atoms with van der Waals surface area (Å²) < 4.78 is 5.50. The standard InChI is InChI=1S/C11H16N2O3/c1-3-5-9(16-4-2)10-12-6-8(7-13-10)11(14)15/h6-7,9H,3-5H2,1-2H3,(H,14,15). The van der Waals surface area contributed by atoms with E-state index in [1.807, 2.05) is 6.92 Å². The van der Waals surface area contributed by atoms with Crippen LogP contribution in [0.4, 0.5) is 0 Å². The highest BCUT2D eigenvalue weighted by Crippen LogP contribution is 2.18. The van der Waals surface area contributed by atoms with Crippen LogP contribution in [0.1, 0.15) is 49.0 Å². The zero-order chi connectivity index (χ0) is 12.0. The normalized spacial score (nSPS) is 12.4. The largest absolute Gasteiger partial charge is 0.478 e. The van der Waals surface area contributed by atoms with Gasteiger partial charge >= 0.3 is 5.97 Å². The first-order chi connectivity index (χ1) is 7.69. The van der Waals surface area contributed by atoms with Crippen molar-refractivity contribution in [2.45, 2.75) is 32.8 Å². The summed E-state index contributed by atoms with van der Waals surface area (Å²) in [7, 11) is 0. The molecule has 0 amide bonds. The molecule has 16 heavy (non-hydrogen) atoms. The summed E-state index contributed by atoms with van der Waals surface area (Å²) in [5.74, 6) is -0.469. The molecule has 0 saturated carbocycles. The molecule has 1 N–H and O–H groups in total. The molecule has 0 fully saturated rings. The summed E-state index contributed by atoms with van der Waals surface area (Å²) in [4.78, 5) is 18.7. The van der Waals surface area contributed by atoms with E-state index in [9.17, 15) is 4.79 Å². The molecule has 1 unspecified atom stereocenters. The number of carboxylic acid groups (broad SMARTS) is 1. The first-order valence-corrected chi connectivity index (χ1v) is 5.35. The summed E-state index contributed by atoms with van der Waals surface area (Å²) in [5.41, 5.74) is 0.0931. The van der Waals surface area contributed by atoms with Crippen molar-refractivity contribution in [2.75, 3.05) is 6.61 Å². The highest BCUT2D eigenvalue weighted by atomic mass is 16.5. The Morgan fingerprint density at radius 2 is 2.06 bits per heavy atom. The molecule has 5 heteroatoms. The zero-order valence-corrected chi connectivity index (χ0v) is 9.51. The third-order valence-corrected chi connectivity index (χ3v) is 2.13. The van der Waals surface area contributed by atoms with Gasteiger partial charge in [0.1, 0.15) is 6.10 Å². The zero-order valence-electron chi connectivity index (χ0n) is 9.51. The van der Waals surface area contributed by atoms with Gasteiger partial charge in [0, 0.05) is 19.0 Å². The predicted molar refractivity (Wildman–Crippen MR) is 58.3 cm³/mol. The van der Waals surface area contributed by atoms with Gasteiger partial charge in [0.2, 0.25) is 0 Å². The smallest absolute Gasteiger partial charge is 0.338 e. The number of rotatable bonds is 6. The molecule has 0 saturated heterocycles. The maximum Gasteiger partial charge on any atom is 0.338 e. The lowest BCUT2D eigenvalue weighted by Gasteiger charge is -2.14. The molecule has 1 aromatic heterocycles. The quantitative estimate of drug-likeness (QED) is 0.800. The lowest BCUT2D eigenvalue weighted by molar-refractivity contribution is 0.0491. The van der Waals surface area contributed by atoms with E-state index >= 15 is 0 Å². The number of aromatic carboxylic acids is 1. The summed E-state index contributed by atoms with van der Waals surface area (Å²) in [5, 5.41) is 8.71. The summed E-state index contributed by atoms with van der Waals surface area (Å²) in [6, 6.07) is 0. The maximum absolute atomic E-state index is 10.6. The molecule has 0 bridgehead atoms. The Morgan fingerprint density at radius 3 is 2.50 bits per heavy atom. The molecule has 0 aromatic carbocycles. The number of carboxylic acids is 1. The minimum Gasteiger partial charge on any atom is -0.478 e. The predicted octanol–water partition coefficient (Wildman–Crippen LogP) is 2.05. The van der Waals surface area contributed by atoms with Crippen molar-refractivity contribution in [1.82, 2.24) is 9.97 Å². The number of hydrogen-bond donors (Lipinski definition) is 1. The molecular weight excluding hydrogens is 208 g/mol. The molecule has 0 aliphatic rings. The third-order valence-electron chi connectivity index (χ3n) is 2.13. The van der Waals surface area contributed by atoms with Crippen molar-refractivity contribution < 1.29 is 14.6 Å². The van der Waals surface area contributed by atoms with E-state index < -0.39 is 5.97 Å². The van der Waals surface area contributed by atoms with Crippen molar-refractivity contribution in [3.05, 3.63) is 23.8 Å². The maximum atomic E-state index is 10.6. The average Bonchev–Trinajstić information content (AvgIpc) is 2.29. The Balaban J connectivity index is 2.80. The minimum atomic E-state index is -1.02.